The monoisotopic (exact) mass is 432 g/mol. The predicted molar refractivity (Wildman–Crippen MR) is 116 cm³/mol. The summed E-state index contributed by atoms with van der Waals surface area (Å²) in [7, 11) is -3.42. The molecule has 0 unspecified atom stereocenters. The largest absolute Gasteiger partial charge is 0.339 e. The van der Waals surface area contributed by atoms with E-state index < -0.39 is 10.0 Å². The lowest BCUT2D eigenvalue weighted by Gasteiger charge is -2.31. The van der Waals surface area contributed by atoms with Gasteiger partial charge in [-0.05, 0) is 51.2 Å². The van der Waals surface area contributed by atoms with Gasteiger partial charge in [0.05, 0.1) is 11.1 Å². The standard InChI is InChI=1S/C22H32N4O3S/c1-3-24(17-20-16-23-25(4-2)18-20)22(27)11-10-19-12-14-26(15-13-19)30(28,29)21-8-6-5-7-9-21/h5-9,16,18-19H,3-4,10-15,17H2,1-2H3. The summed E-state index contributed by atoms with van der Waals surface area (Å²) in [5.74, 6) is 0.541. The average Bonchev–Trinajstić information content (AvgIpc) is 3.24. The maximum atomic E-state index is 12.7. The van der Waals surface area contributed by atoms with Crippen LogP contribution in [0.5, 0.6) is 0 Å². The molecule has 2 heterocycles. The van der Waals surface area contributed by atoms with Crippen LogP contribution in [0.2, 0.25) is 0 Å². The van der Waals surface area contributed by atoms with E-state index >= 15 is 0 Å². The first kappa shape index (κ1) is 22.5. The molecule has 3 rings (SSSR count). The Labute approximate surface area is 179 Å². The third kappa shape index (κ3) is 5.49. The van der Waals surface area contributed by atoms with E-state index in [0.717, 1.165) is 31.4 Å². The number of piperidine rings is 1. The van der Waals surface area contributed by atoms with Crippen molar-refractivity contribution in [2.75, 3.05) is 19.6 Å². The summed E-state index contributed by atoms with van der Waals surface area (Å²) in [6.45, 7) is 7.14. The van der Waals surface area contributed by atoms with Crippen molar-refractivity contribution in [2.45, 2.75) is 57.5 Å². The topological polar surface area (TPSA) is 75.5 Å². The van der Waals surface area contributed by atoms with Gasteiger partial charge in [0.1, 0.15) is 0 Å². The first-order valence-electron chi connectivity index (χ1n) is 10.8. The molecule has 0 saturated carbocycles. The molecule has 0 radical (unpaired) electrons. The third-order valence-electron chi connectivity index (χ3n) is 5.84. The van der Waals surface area contributed by atoms with E-state index in [0.29, 0.717) is 43.4 Å². The lowest BCUT2D eigenvalue weighted by atomic mass is 9.93. The minimum atomic E-state index is -3.42. The highest BCUT2D eigenvalue weighted by Gasteiger charge is 2.29. The fourth-order valence-corrected chi connectivity index (χ4v) is 5.41. The maximum Gasteiger partial charge on any atom is 0.243 e. The quantitative estimate of drug-likeness (QED) is 0.610. The number of aryl methyl sites for hydroxylation is 1. The van der Waals surface area contributed by atoms with Crippen LogP contribution in [0.15, 0.2) is 47.6 Å². The number of hydrogen-bond acceptors (Lipinski definition) is 4. The highest BCUT2D eigenvalue weighted by atomic mass is 32.2. The zero-order valence-electron chi connectivity index (χ0n) is 17.9. The van der Waals surface area contributed by atoms with E-state index in [1.54, 1.807) is 28.6 Å². The van der Waals surface area contributed by atoms with Gasteiger partial charge in [0.25, 0.3) is 0 Å². The van der Waals surface area contributed by atoms with Crippen LogP contribution in [-0.4, -0.2) is 52.9 Å². The van der Waals surface area contributed by atoms with Gasteiger partial charge in [0, 0.05) is 50.9 Å². The fourth-order valence-electron chi connectivity index (χ4n) is 3.92. The second-order valence-electron chi connectivity index (χ2n) is 7.81. The summed E-state index contributed by atoms with van der Waals surface area (Å²) in [4.78, 5) is 14.9. The number of sulfonamides is 1. The molecule has 1 aromatic carbocycles. The smallest absolute Gasteiger partial charge is 0.243 e. The number of hydrogen-bond donors (Lipinski definition) is 0. The van der Waals surface area contributed by atoms with Gasteiger partial charge in [-0.3, -0.25) is 9.48 Å². The molecule has 1 amide bonds. The zero-order chi connectivity index (χ0) is 21.6. The molecular weight excluding hydrogens is 400 g/mol. The molecule has 8 heteroatoms. The Kier molecular flexibility index (Phi) is 7.66. The molecule has 1 saturated heterocycles. The second kappa shape index (κ2) is 10.2. The minimum Gasteiger partial charge on any atom is -0.339 e. The molecule has 7 nitrogen and oxygen atoms in total. The normalized spacial score (nSPS) is 15.9. The first-order valence-corrected chi connectivity index (χ1v) is 12.2. The van der Waals surface area contributed by atoms with Crippen LogP contribution in [0, 0.1) is 5.92 Å². The Morgan fingerprint density at radius 1 is 1.17 bits per heavy atom. The maximum absolute atomic E-state index is 12.7. The van der Waals surface area contributed by atoms with Crippen molar-refractivity contribution < 1.29 is 13.2 Å². The van der Waals surface area contributed by atoms with Crippen molar-refractivity contribution in [2.24, 2.45) is 5.92 Å². The number of amides is 1. The SMILES string of the molecule is CCN(Cc1cnn(CC)c1)C(=O)CCC1CCN(S(=O)(=O)c2ccccc2)CC1. The second-order valence-corrected chi connectivity index (χ2v) is 9.75. The molecular formula is C22H32N4O3S. The Morgan fingerprint density at radius 2 is 1.87 bits per heavy atom. The number of rotatable bonds is 9. The molecule has 0 spiro atoms. The first-order chi connectivity index (χ1) is 14.4. The van der Waals surface area contributed by atoms with Gasteiger partial charge in [0.2, 0.25) is 15.9 Å². The van der Waals surface area contributed by atoms with E-state index in [4.69, 9.17) is 0 Å². The fraction of sp³-hybridized carbons (Fsp3) is 0.545. The summed E-state index contributed by atoms with van der Waals surface area (Å²) < 4.78 is 28.9. The number of carbonyl (C=O) groups is 1. The van der Waals surface area contributed by atoms with Gasteiger partial charge >= 0.3 is 0 Å². The predicted octanol–water partition coefficient (Wildman–Crippen LogP) is 3.13. The van der Waals surface area contributed by atoms with Crippen molar-refractivity contribution in [3.8, 4) is 0 Å². The molecule has 164 valence electrons. The molecule has 30 heavy (non-hydrogen) atoms. The lowest BCUT2D eigenvalue weighted by Crippen LogP contribution is -2.38. The van der Waals surface area contributed by atoms with Crippen LogP contribution in [0.3, 0.4) is 0 Å². The van der Waals surface area contributed by atoms with Gasteiger partial charge < -0.3 is 4.90 Å². The zero-order valence-corrected chi connectivity index (χ0v) is 18.7. The summed E-state index contributed by atoms with van der Waals surface area (Å²) in [6, 6.07) is 8.60. The number of carbonyl (C=O) groups excluding carboxylic acids is 1. The van der Waals surface area contributed by atoms with Gasteiger partial charge in [-0.2, -0.15) is 9.40 Å². The lowest BCUT2D eigenvalue weighted by molar-refractivity contribution is -0.132. The molecule has 0 N–H and O–H groups in total. The van der Waals surface area contributed by atoms with Crippen molar-refractivity contribution in [3.63, 3.8) is 0 Å². The average molecular weight is 433 g/mol. The summed E-state index contributed by atoms with van der Waals surface area (Å²) >= 11 is 0. The van der Waals surface area contributed by atoms with E-state index in [1.807, 2.05) is 41.9 Å². The summed E-state index contributed by atoms with van der Waals surface area (Å²) in [5.41, 5.74) is 1.05. The van der Waals surface area contributed by atoms with Crippen molar-refractivity contribution in [1.82, 2.24) is 19.0 Å². The van der Waals surface area contributed by atoms with Gasteiger partial charge in [0.15, 0.2) is 0 Å². The van der Waals surface area contributed by atoms with Crippen molar-refractivity contribution in [3.05, 3.63) is 48.3 Å². The summed E-state index contributed by atoms with van der Waals surface area (Å²) in [5, 5.41) is 4.27. The molecule has 2 aromatic rings. The van der Waals surface area contributed by atoms with E-state index in [2.05, 4.69) is 5.10 Å². The van der Waals surface area contributed by atoms with E-state index in [-0.39, 0.29) is 5.91 Å². The van der Waals surface area contributed by atoms with Gasteiger partial charge in [-0.15, -0.1) is 0 Å². The third-order valence-corrected chi connectivity index (χ3v) is 7.75. The molecule has 0 bridgehead atoms. The minimum absolute atomic E-state index is 0.154. The Bertz CT molecular complexity index is 919. The Morgan fingerprint density at radius 3 is 2.47 bits per heavy atom. The van der Waals surface area contributed by atoms with Crippen LogP contribution in [0.25, 0.3) is 0 Å². The Hall–Kier alpha value is -2.19. The highest BCUT2D eigenvalue weighted by molar-refractivity contribution is 7.89. The van der Waals surface area contributed by atoms with Crippen LogP contribution in [-0.2, 0) is 27.9 Å². The highest BCUT2D eigenvalue weighted by Crippen LogP contribution is 2.26. The van der Waals surface area contributed by atoms with Crippen LogP contribution in [0.4, 0.5) is 0 Å². The molecule has 1 aliphatic rings. The molecule has 1 aliphatic heterocycles. The number of nitrogens with zero attached hydrogens (tertiary/aromatic N) is 4. The van der Waals surface area contributed by atoms with E-state index in [1.165, 1.54) is 0 Å². The number of benzene rings is 1. The molecule has 0 atom stereocenters. The van der Waals surface area contributed by atoms with Crippen molar-refractivity contribution in [1.29, 1.82) is 0 Å². The van der Waals surface area contributed by atoms with E-state index in [9.17, 15) is 13.2 Å². The van der Waals surface area contributed by atoms with Gasteiger partial charge in [-0.1, -0.05) is 18.2 Å². The van der Waals surface area contributed by atoms with Gasteiger partial charge in [-0.25, -0.2) is 8.42 Å². The molecule has 1 fully saturated rings. The number of aromatic nitrogens is 2. The molecule has 0 aliphatic carbocycles. The Balaban J connectivity index is 1.47. The summed E-state index contributed by atoms with van der Waals surface area (Å²) in [6.07, 6.45) is 6.72. The van der Waals surface area contributed by atoms with Crippen LogP contribution in [0.1, 0.15) is 45.1 Å². The molecule has 1 aromatic heterocycles. The van der Waals surface area contributed by atoms with Crippen LogP contribution < -0.4 is 0 Å². The van der Waals surface area contributed by atoms with Crippen molar-refractivity contribution >= 4 is 15.9 Å². The van der Waals surface area contributed by atoms with Crippen LogP contribution >= 0.6 is 0 Å².